The third-order valence-corrected chi connectivity index (χ3v) is 3.81. The minimum Gasteiger partial charge on any atom is -0.363 e. The summed E-state index contributed by atoms with van der Waals surface area (Å²) in [5, 5.41) is 0. The Morgan fingerprint density at radius 1 is 0.842 bits per heavy atom. The van der Waals surface area contributed by atoms with Gasteiger partial charge in [0.2, 0.25) is 0 Å². The van der Waals surface area contributed by atoms with Crippen molar-refractivity contribution < 1.29 is 14.5 Å². The van der Waals surface area contributed by atoms with Crippen LogP contribution in [0.3, 0.4) is 0 Å². The summed E-state index contributed by atoms with van der Waals surface area (Å²) in [6.07, 6.45) is 0.167. The predicted molar refractivity (Wildman–Crippen MR) is 69.4 cm³/mol. The lowest BCUT2D eigenvalue weighted by Gasteiger charge is -2.34. The van der Waals surface area contributed by atoms with Crippen LogP contribution in [0.15, 0.2) is 60.7 Å². The van der Waals surface area contributed by atoms with Gasteiger partial charge in [-0.1, -0.05) is 60.7 Å². The fourth-order valence-electron chi connectivity index (χ4n) is 2.83. The number of rotatable bonds is 2. The normalized spacial score (nSPS) is 27.6. The number of epoxide rings is 1. The summed E-state index contributed by atoms with van der Waals surface area (Å²) in [6.45, 7) is 0.506. The van der Waals surface area contributed by atoms with Gasteiger partial charge in [-0.05, 0) is 11.1 Å². The molecule has 0 unspecified atom stereocenters. The van der Waals surface area contributed by atoms with Gasteiger partial charge < -0.3 is 4.74 Å². The van der Waals surface area contributed by atoms with Crippen LogP contribution >= 0.6 is 0 Å². The quantitative estimate of drug-likeness (QED) is 0.610. The van der Waals surface area contributed by atoms with Crippen molar-refractivity contribution in [3.05, 3.63) is 71.8 Å². The van der Waals surface area contributed by atoms with Crippen molar-refractivity contribution in [1.29, 1.82) is 0 Å². The fraction of sp³-hybridized carbons (Fsp3) is 0.250. The zero-order valence-electron chi connectivity index (χ0n) is 10.4. The molecule has 2 saturated heterocycles. The van der Waals surface area contributed by atoms with E-state index in [1.165, 1.54) is 0 Å². The molecule has 2 heterocycles. The van der Waals surface area contributed by atoms with E-state index in [4.69, 9.17) is 14.5 Å². The Hall–Kier alpha value is -1.68. The second-order valence-electron chi connectivity index (χ2n) is 4.93. The first-order chi connectivity index (χ1) is 9.41. The van der Waals surface area contributed by atoms with E-state index < -0.39 is 5.60 Å². The number of ether oxygens (including phenoxy) is 1. The molecule has 0 aliphatic carbocycles. The van der Waals surface area contributed by atoms with Crippen molar-refractivity contribution in [3.8, 4) is 0 Å². The summed E-state index contributed by atoms with van der Waals surface area (Å²) < 4.78 is 5.75. The van der Waals surface area contributed by atoms with E-state index in [2.05, 4.69) is 24.3 Å². The van der Waals surface area contributed by atoms with Crippen LogP contribution in [0.25, 0.3) is 0 Å². The molecule has 0 N–H and O–H groups in total. The summed E-state index contributed by atoms with van der Waals surface area (Å²) in [5.41, 5.74) is 1.48. The lowest BCUT2D eigenvalue weighted by atomic mass is 9.82. The maximum atomic E-state index is 5.77. The number of hydrogen-bond acceptors (Lipinski definition) is 3. The first kappa shape index (κ1) is 11.2. The number of benzene rings is 2. The molecule has 2 aliphatic rings. The monoisotopic (exact) mass is 254 g/mol. The number of hydrogen-bond donors (Lipinski definition) is 0. The average molecular weight is 254 g/mol. The molecule has 4 rings (SSSR count). The highest BCUT2D eigenvalue weighted by Crippen LogP contribution is 2.49. The summed E-state index contributed by atoms with van der Waals surface area (Å²) >= 11 is 0. The maximum absolute atomic E-state index is 5.77. The second-order valence-corrected chi connectivity index (χ2v) is 4.93. The standard InChI is InChI=1S/C16H14O3/c1-3-7-12(8-4-1)16(13-9-5-2-6-10-13)15-14(18-15)11-17-19-16/h1-10,14-15H,11H2/t14-,15+/m1/s1. The topological polar surface area (TPSA) is 31.0 Å². The van der Waals surface area contributed by atoms with E-state index >= 15 is 0 Å². The van der Waals surface area contributed by atoms with Gasteiger partial charge in [0.15, 0.2) is 5.60 Å². The van der Waals surface area contributed by atoms with Crippen LogP contribution in [0.1, 0.15) is 11.1 Å². The largest absolute Gasteiger partial charge is 0.363 e. The highest BCUT2D eigenvalue weighted by atomic mass is 17.2. The van der Waals surface area contributed by atoms with E-state index in [-0.39, 0.29) is 12.2 Å². The van der Waals surface area contributed by atoms with E-state index in [0.717, 1.165) is 11.1 Å². The summed E-state index contributed by atoms with van der Waals surface area (Å²) in [6, 6.07) is 20.3. The van der Waals surface area contributed by atoms with Gasteiger partial charge in [0.05, 0.1) is 0 Å². The number of fused-ring (bicyclic) bond motifs is 1. The fourth-order valence-corrected chi connectivity index (χ4v) is 2.83. The van der Waals surface area contributed by atoms with Crippen LogP contribution in [0.2, 0.25) is 0 Å². The van der Waals surface area contributed by atoms with Crippen molar-refractivity contribution in [2.75, 3.05) is 6.61 Å². The smallest absolute Gasteiger partial charge is 0.182 e. The van der Waals surface area contributed by atoms with Crippen LogP contribution < -0.4 is 0 Å². The van der Waals surface area contributed by atoms with Crippen molar-refractivity contribution >= 4 is 0 Å². The van der Waals surface area contributed by atoms with Crippen molar-refractivity contribution in [2.24, 2.45) is 0 Å². The molecular weight excluding hydrogens is 240 g/mol. The Morgan fingerprint density at radius 3 is 2.00 bits per heavy atom. The van der Waals surface area contributed by atoms with E-state index in [9.17, 15) is 0 Å². The van der Waals surface area contributed by atoms with E-state index in [1.807, 2.05) is 36.4 Å². The Morgan fingerprint density at radius 2 is 1.42 bits per heavy atom. The van der Waals surface area contributed by atoms with Crippen molar-refractivity contribution in [2.45, 2.75) is 17.8 Å². The second kappa shape index (κ2) is 4.17. The highest BCUT2D eigenvalue weighted by Gasteiger charge is 2.61. The molecule has 19 heavy (non-hydrogen) atoms. The van der Waals surface area contributed by atoms with Gasteiger partial charge in [0.1, 0.15) is 18.8 Å². The molecule has 2 fully saturated rings. The summed E-state index contributed by atoms with van der Waals surface area (Å²) in [5.74, 6) is 0. The lowest BCUT2D eigenvalue weighted by Crippen LogP contribution is -2.42. The molecule has 2 aromatic rings. The van der Waals surface area contributed by atoms with Gasteiger partial charge in [0, 0.05) is 0 Å². The summed E-state index contributed by atoms with van der Waals surface area (Å²) in [7, 11) is 0. The van der Waals surface area contributed by atoms with Crippen LogP contribution in [0.5, 0.6) is 0 Å². The van der Waals surface area contributed by atoms with Gasteiger partial charge in [-0.2, -0.15) is 0 Å². The Bertz CT molecular complexity index is 528. The first-order valence-electron chi connectivity index (χ1n) is 6.48. The molecular formula is C16H14O3. The predicted octanol–water partition coefficient (Wildman–Crippen LogP) is 2.66. The van der Waals surface area contributed by atoms with Gasteiger partial charge >= 0.3 is 0 Å². The third kappa shape index (κ3) is 1.63. The SMILES string of the molecule is c1ccc(C2(c3ccccc3)OOC[C@H]3O[C@@H]32)cc1. The molecule has 3 heteroatoms. The molecule has 2 aromatic carbocycles. The van der Waals surface area contributed by atoms with Gasteiger partial charge in [-0.25, -0.2) is 9.78 Å². The molecule has 3 nitrogen and oxygen atoms in total. The van der Waals surface area contributed by atoms with Crippen LogP contribution in [0, 0.1) is 0 Å². The molecule has 96 valence electrons. The molecule has 2 atom stereocenters. The van der Waals surface area contributed by atoms with Crippen LogP contribution in [-0.2, 0) is 20.1 Å². The van der Waals surface area contributed by atoms with Crippen LogP contribution in [-0.4, -0.2) is 18.8 Å². The highest BCUT2D eigenvalue weighted by molar-refractivity contribution is 5.40. The lowest BCUT2D eigenvalue weighted by molar-refractivity contribution is -0.369. The maximum Gasteiger partial charge on any atom is 0.182 e. The minimum atomic E-state index is -0.647. The Labute approximate surface area is 111 Å². The summed E-state index contributed by atoms with van der Waals surface area (Å²) in [4.78, 5) is 11.1. The third-order valence-electron chi connectivity index (χ3n) is 3.81. The van der Waals surface area contributed by atoms with Gasteiger partial charge in [-0.3, -0.25) is 0 Å². The van der Waals surface area contributed by atoms with Crippen LogP contribution in [0.4, 0.5) is 0 Å². The molecule has 0 amide bonds. The van der Waals surface area contributed by atoms with Gasteiger partial charge in [0.25, 0.3) is 0 Å². The molecule has 2 aliphatic heterocycles. The molecule has 0 spiro atoms. The zero-order chi connectivity index (χ0) is 12.7. The van der Waals surface area contributed by atoms with Gasteiger partial charge in [-0.15, -0.1) is 0 Å². The minimum absolute atomic E-state index is 0.0334. The molecule has 0 aromatic heterocycles. The van der Waals surface area contributed by atoms with Crippen molar-refractivity contribution in [1.82, 2.24) is 0 Å². The zero-order valence-corrected chi connectivity index (χ0v) is 10.4. The molecule has 0 radical (unpaired) electrons. The first-order valence-corrected chi connectivity index (χ1v) is 6.48. The van der Waals surface area contributed by atoms with E-state index in [1.54, 1.807) is 0 Å². The van der Waals surface area contributed by atoms with Crippen molar-refractivity contribution in [3.63, 3.8) is 0 Å². The Balaban J connectivity index is 1.89. The Kier molecular flexibility index (Phi) is 2.45. The molecule has 0 saturated carbocycles. The van der Waals surface area contributed by atoms with E-state index in [0.29, 0.717) is 6.61 Å². The average Bonchev–Trinajstić information content (AvgIpc) is 3.28. The molecule has 0 bridgehead atoms.